The van der Waals surface area contributed by atoms with Crippen molar-refractivity contribution < 1.29 is 48.8 Å². The number of aliphatic hydroxyl groups is 2. The Balaban J connectivity index is 1.32. The van der Waals surface area contributed by atoms with E-state index in [9.17, 15) is 44.1 Å². The molecule has 10 atom stereocenters. The Bertz CT molecular complexity index is 1340. The highest BCUT2D eigenvalue weighted by atomic mass is 16.5. The number of ether oxygens (including phenoxy) is 1. The molecule has 0 bridgehead atoms. The number of fused-ring (bicyclic) bond motifs is 5. The maximum Gasteiger partial charge on any atom is 0.326 e. The van der Waals surface area contributed by atoms with Crippen molar-refractivity contribution in [1.29, 1.82) is 0 Å². The van der Waals surface area contributed by atoms with E-state index in [1.165, 1.54) is 0 Å². The largest absolute Gasteiger partial charge is 0.480 e. The monoisotopic (exact) mass is 674 g/mol. The normalized spacial score (nSPS) is 34.4. The number of rotatable bonds is 13. The summed E-state index contributed by atoms with van der Waals surface area (Å²) in [5, 5.41) is 38.0. The van der Waals surface area contributed by atoms with Crippen LogP contribution in [-0.2, 0) is 33.5 Å². The molecule has 0 unspecified atom stereocenters. The summed E-state index contributed by atoms with van der Waals surface area (Å²) in [5.74, 6) is -4.42. The van der Waals surface area contributed by atoms with Crippen molar-refractivity contribution in [2.75, 3.05) is 6.61 Å². The van der Waals surface area contributed by atoms with Crippen LogP contribution in [-0.4, -0.2) is 81.0 Å². The number of aliphatic carboxylic acids is 1. The Labute approximate surface area is 282 Å². The quantitative estimate of drug-likeness (QED) is 0.181. The minimum absolute atomic E-state index is 0.0164. The van der Waals surface area contributed by atoms with E-state index in [0.717, 1.165) is 18.4 Å². The predicted octanol–water partition coefficient (Wildman–Crippen LogP) is 2.87. The van der Waals surface area contributed by atoms with E-state index >= 15 is 0 Å². The van der Waals surface area contributed by atoms with Crippen LogP contribution in [0.5, 0.6) is 0 Å². The topological polar surface area (TPSA) is 196 Å². The first-order valence-corrected chi connectivity index (χ1v) is 17.5. The van der Waals surface area contributed by atoms with Crippen molar-refractivity contribution in [1.82, 2.24) is 10.6 Å². The van der Waals surface area contributed by atoms with Gasteiger partial charge in [0, 0.05) is 18.3 Å². The first-order chi connectivity index (χ1) is 22.4. The van der Waals surface area contributed by atoms with E-state index in [4.69, 9.17) is 4.74 Å². The molecular formula is C36H54N2O10. The molecule has 4 aliphatic rings. The highest BCUT2D eigenvalue weighted by molar-refractivity contribution is 5.93. The SMILES string of the molecule is CC[C@@H](C)[C@H](NC(=O)[C@H](NC(=O)CCC(=O)OCC(=O)[C@@]1(O)CC[C@H]2[C@H]3CCC4=CC(=O)CC[C@]4(C)[C@@H]3[C@@H](O)C[C@@]21C)C(C)C)C(=O)O. The van der Waals surface area contributed by atoms with Gasteiger partial charge in [0.2, 0.25) is 17.6 Å². The number of ketones is 2. The molecule has 0 aromatic rings. The van der Waals surface area contributed by atoms with Gasteiger partial charge in [-0.3, -0.25) is 24.0 Å². The second-order valence-electron chi connectivity index (χ2n) is 15.6. The molecule has 4 aliphatic carbocycles. The van der Waals surface area contributed by atoms with Crippen LogP contribution in [0.4, 0.5) is 0 Å². The number of hydrogen-bond donors (Lipinski definition) is 5. The van der Waals surface area contributed by atoms with Gasteiger partial charge in [-0.1, -0.05) is 53.5 Å². The van der Waals surface area contributed by atoms with Gasteiger partial charge in [0.15, 0.2) is 12.4 Å². The number of carbonyl (C=O) groups is 6. The van der Waals surface area contributed by atoms with E-state index < -0.39 is 65.3 Å². The lowest BCUT2D eigenvalue weighted by molar-refractivity contribution is -0.184. The summed E-state index contributed by atoms with van der Waals surface area (Å²) in [5.41, 5.74) is -1.90. The van der Waals surface area contributed by atoms with Crippen LogP contribution in [0.3, 0.4) is 0 Å². The number of nitrogens with one attached hydrogen (secondary N) is 2. The fourth-order valence-electron chi connectivity index (χ4n) is 9.41. The van der Waals surface area contributed by atoms with E-state index in [0.29, 0.717) is 25.7 Å². The van der Waals surface area contributed by atoms with Gasteiger partial charge >= 0.3 is 11.9 Å². The van der Waals surface area contributed by atoms with E-state index in [1.54, 1.807) is 26.8 Å². The lowest BCUT2D eigenvalue weighted by Gasteiger charge is -2.60. The summed E-state index contributed by atoms with van der Waals surface area (Å²) in [6, 6.07) is -2.13. The smallest absolute Gasteiger partial charge is 0.326 e. The predicted molar refractivity (Wildman–Crippen MR) is 174 cm³/mol. The number of amides is 2. The van der Waals surface area contributed by atoms with E-state index in [2.05, 4.69) is 17.6 Å². The molecule has 0 aliphatic heterocycles. The van der Waals surface area contributed by atoms with Crippen LogP contribution in [0.25, 0.3) is 0 Å². The molecule has 0 radical (unpaired) electrons. The van der Waals surface area contributed by atoms with Crippen LogP contribution in [0.2, 0.25) is 0 Å². The molecule has 3 saturated carbocycles. The lowest BCUT2D eigenvalue weighted by Crippen LogP contribution is -2.62. The van der Waals surface area contributed by atoms with Gasteiger partial charge in [-0.2, -0.15) is 0 Å². The average Bonchev–Trinajstić information content (AvgIpc) is 3.29. The van der Waals surface area contributed by atoms with Crippen LogP contribution < -0.4 is 10.6 Å². The van der Waals surface area contributed by atoms with Gasteiger partial charge < -0.3 is 30.7 Å². The summed E-state index contributed by atoms with van der Waals surface area (Å²) in [7, 11) is 0. The molecule has 0 spiro atoms. The highest BCUT2D eigenvalue weighted by Crippen LogP contribution is 2.67. The lowest BCUT2D eigenvalue weighted by atomic mass is 9.45. The fourth-order valence-corrected chi connectivity index (χ4v) is 9.41. The summed E-state index contributed by atoms with van der Waals surface area (Å²) in [4.78, 5) is 75.5. The Morgan fingerprint density at radius 2 is 1.69 bits per heavy atom. The molecule has 0 aromatic carbocycles. The standard InChI is InChI=1S/C36H54N2O10/c1-7-20(4)31(33(45)46)38-32(44)30(19(2)3)37-27(42)10-11-28(43)48-18-26(41)36(47)15-13-24-23-9-8-21-16-22(39)12-14-34(21,5)29(23)25(40)17-35(24,36)6/h16,19-20,23-25,29-31,40,47H,7-15,17-18H2,1-6H3,(H,37,42)(H,38,44)(H,45,46)/t20-,23-,24+,25+,29+,30-,31+,34+,35+,36+/m1/s1. The number of carboxylic acid groups (broad SMARTS) is 1. The molecular weight excluding hydrogens is 620 g/mol. The van der Waals surface area contributed by atoms with Crippen LogP contribution >= 0.6 is 0 Å². The fraction of sp³-hybridized carbons (Fsp3) is 0.778. The van der Waals surface area contributed by atoms with E-state index in [1.807, 2.05) is 13.8 Å². The van der Waals surface area contributed by atoms with Crippen molar-refractivity contribution in [2.24, 2.45) is 40.4 Å². The van der Waals surface area contributed by atoms with Crippen molar-refractivity contribution in [3.05, 3.63) is 11.6 Å². The zero-order chi connectivity index (χ0) is 35.8. The van der Waals surface area contributed by atoms with Crippen molar-refractivity contribution in [3.63, 3.8) is 0 Å². The first kappa shape index (κ1) is 37.7. The minimum Gasteiger partial charge on any atom is -0.480 e. The van der Waals surface area contributed by atoms with Crippen LogP contribution in [0, 0.1) is 40.4 Å². The Hall–Kier alpha value is -3.12. The second-order valence-corrected chi connectivity index (χ2v) is 15.6. The maximum absolute atomic E-state index is 13.5. The zero-order valence-electron chi connectivity index (χ0n) is 29.2. The van der Waals surface area contributed by atoms with Gasteiger partial charge in [-0.15, -0.1) is 0 Å². The van der Waals surface area contributed by atoms with Crippen molar-refractivity contribution >= 4 is 35.3 Å². The summed E-state index contributed by atoms with van der Waals surface area (Å²) in [6.45, 7) is 10.3. The van der Waals surface area contributed by atoms with Gasteiger partial charge in [0.05, 0.1) is 12.5 Å². The Morgan fingerprint density at radius 1 is 1.00 bits per heavy atom. The third-order valence-electron chi connectivity index (χ3n) is 12.5. The van der Waals surface area contributed by atoms with Gasteiger partial charge in [-0.25, -0.2) is 4.79 Å². The molecule has 268 valence electrons. The molecule has 0 saturated heterocycles. The summed E-state index contributed by atoms with van der Waals surface area (Å²) < 4.78 is 5.23. The van der Waals surface area contributed by atoms with Gasteiger partial charge in [-0.05, 0) is 79.6 Å². The average molecular weight is 675 g/mol. The number of allylic oxidation sites excluding steroid dienone is 1. The molecule has 5 N–H and O–H groups in total. The number of esters is 1. The first-order valence-electron chi connectivity index (χ1n) is 17.5. The Morgan fingerprint density at radius 3 is 2.31 bits per heavy atom. The second kappa shape index (κ2) is 14.4. The van der Waals surface area contributed by atoms with Gasteiger partial charge in [0.1, 0.15) is 17.7 Å². The molecule has 0 heterocycles. The molecule has 2 amide bonds. The molecule has 3 fully saturated rings. The minimum atomic E-state index is -1.79. The van der Waals surface area contributed by atoms with E-state index in [-0.39, 0.29) is 66.5 Å². The summed E-state index contributed by atoms with van der Waals surface area (Å²) >= 11 is 0. The highest BCUT2D eigenvalue weighted by Gasteiger charge is 2.68. The number of Topliss-reactive ketones (excluding diaryl/α,β-unsaturated/α-hetero) is 1. The molecule has 48 heavy (non-hydrogen) atoms. The van der Waals surface area contributed by atoms with Gasteiger partial charge in [0.25, 0.3) is 0 Å². The number of aliphatic hydroxyl groups excluding tert-OH is 1. The number of hydrogen-bond acceptors (Lipinski definition) is 9. The summed E-state index contributed by atoms with van der Waals surface area (Å²) in [6.07, 6.45) is 4.52. The van der Waals surface area contributed by atoms with Crippen molar-refractivity contribution in [3.8, 4) is 0 Å². The van der Waals surface area contributed by atoms with Crippen LogP contribution in [0.15, 0.2) is 11.6 Å². The molecule has 4 rings (SSSR count). The maximum atomic E-state index is 13.5. The third kappa shape index (κ3) is 6.97. The number of carboxylic acids is 1. The molecule has 0 aromatic heterocycles. The van der Waals surface area contributed by atoms with Crippen LogP contribution in [0.1, 0.15) is 106 Å². The zero-order valence-corrected chi connectivity index (χ0v) is 29.2. The van der Waals surface area contributed by atoms with Crippen molar-refractivity contribution in [2.45, 2.75) is 130 Å². The Kier molecular flexibility index (Phi) is 11.3. The third-order valence-corrected chi connectivity index (χ3v) is 12.5. The molecule has 12 heteroatoms. The number of carbonyl (C=O) groups excluding carboxylic acids is 5. The molecule has 12 nitrogen and oxygen atoms in total.